The Kier molecular flexibility index (Phi) is 9.00. The maximum absolute atomic E-state index is 12.5. The maximum atomic E-state index is 12.5. The second-order valence-corrected chi connectivity index (χ2v) is 12.0. The lowest BCUT2D eigenvalue weighted by molar-refractivity contribution is -0.191. The van der Waals surface area contributed by atoms with Gasteiger partial charge >= 0.3 is 0 Å². The first-order valence-corrected chi connectivity index (χ1v) is 14.0. The number of carbonyl (C=O) groups excluding carboxylic acids is 2. The van der Waals surface area contributed by atoms with Crippen molar-refractivity contribution < 1.29 is 19.5 Å². The molecular formula is C30H35ClN6O4. The molecule has 0 saturated heterocycles. The largest absolute Gasteiger partial charge is 0.489 e. The monoisotopic (exact) mass is 578 g/mol. The van der Waals surface area contributed by atoms with Crippen LogP contribution in [0.4, 0.5) is 0 Å². The van der Waals surface area contributed by atoms with Gasteiger partial charge in [-0.3, -0.25) is 14.8 Å². The van der Waals surface area contributed by atoms with Gasteiger partial charge in [-0.05, 0) is 37.1 Å². The Morgan fingerprint density at radius 1 is 1.10 bits per heavy atom. The fraction of sp³-hybridized carbons (Fsp3) is 0.433. The molecule has 0 radical (unpaired) electrons. The highest BCUT2D eigenvalue weighted by Crippen LogP contribution is 2.62. The normalized spacial score (nSPS) is 18.6. The molecule has 0 aliphatic heterocycles. The predicted molar refractivity (Wildman–Crippen MR) is 153 cm³/mol. The van der Waals surface area contributed by atoms with E-state index in [2.05, 4.69) is 49.4 Å². The summed E-state index contributed by atoms with van der Waals surface area (Å²) in [5.74, 6) is 0.0490. The molecule has 10 nitrogen and oxygen atoms in total. The van der Waals surface area contributed by atoms with Crippen LogP contribution in [0.1, 0.15) is 75.3 Å². The predicted octanol–water partition coefficient (Wildman–Crippen LogP) is 5.32. The number of hydroxylamine groups is 1. The summed E-state index contributed by atoms with van der Waals surface area (Å²) in [6.07, 6.45) is 4.21. The summed E-state index contributed by atoms with van der Waals surface area (Å²) in [6, 6.07) is 14.4. The van der Waals surface area contributed by atoms with Crippen LogP contribution in [0.25, 0.3) is 11.3 Å². The van der Waals surface area contributed by atoms with E-state index in [0.717, 1.165) is 18.4 Å². The third-order valence-electron chi connectivity index (χ3n) is 7.78. The third kappa shape index (κ3) is 6.37. The summed E-state index contributed by atoms with van der Waals surface area (Å²) in [5, 5.41) is 29.8. The summed E-state index contributed by atoms with van der Waals surface area (Å²) in [6.45, 7) is 9.06. The lowest BCUT2D eigenvalue weighted by atomic mass is 9.49. The van der Waals surface area contributed by atoms with Crippen molar-refractivity contribution in [3.05, 3.63) is 64.8 Å². The van der Waals surface area contributed by atoms with Gasteiger partial charge in [0, 0.05) is 41.0 Å². The number of nitrogens with one attached hydrogen (secondary N) is 2. The van der Waals surface area contributed by atoms with E-state index in [9.17, 15) is 9.59 Å². The highest BCUT2D eigenvalue weighted by molar-refractivity contribution is 6.31. The Morgan fingerprint density at radius 3 is 2.44 bits per heavy atom. The standard InChI is InChI=1S/C30H35ClN6O4/c1-29(2)27(30(3,4)28(29)41-22-14-13-21(17-32)23(31)16-22)37-18-24(34-36-37)19-9-11-20(12-10-19)26(39)33-15-7-5-6-8-25(38)35-40/h9-14,16,18,27-28,40H,5-8,15H2,1-4H3,(H,33,39)(H,35,38). The van der Waals surface area contributed by atoms with Crippen molar-refractivity contribution in [1.82, 2.24) is 25.8 Å². The lowest BCUT2D eigenvalue weighted by Gasteiger charge is -2.62. The molecule has 1 aromatic heterocycles. The molecule has 2 aromatic carbocycles. The maximum Gasteiger partial charge on any atom is 0.251 e. The number of nitriles is 1. The number of aromatic nitrogens is 3. The molecule has 1 saturated carbocycles. The Balaban J connectivity index is 1.36. The van der Waals surface area contributed by atoms with Crippen molar-refractivity contribution in [3.63, 3.8) is 0 Å². The Hall–Kier alpha value is -3.94. The first-order chi connectivity index (χ1) is 19.5. The summed E-state index contributed by atoms with van der Waals surface area (Å²) in [4.78, 5) is 23.5. The summed E-state index contributed by atoms with van der Waals surface area (Å²) < 4.78 is 8.28. The van der Waals surface area contributed by atoms with Gasteiger partial charge in [0.2, 0.25) is 5.91 Å². The van der Waals surface area contributed by atoms with E-state index in [1.165, 1.54) is 0 Å². The summed E-state index contributed by atoms with van der Waals surface area (Å²) in [5.41, 5.74) is 3.57. The number of hydrogen-bond donors (Lipinski definition) is 3. The fourth-order valence-electron chi connectivity index (χ4n) is 6.16. The molecule has 4 rings (SSSR count). The van der Waals surface area contributed by atoms with Crippen molar-refractivity contribution in [1.29, 1.82) is 5.26 Å². The molecule has 3 N–H and O–H groups in total. The van der Waals surface area contributed by atoms with Gasteiger partial charge in [-0.25, -0.2) is 10.2 Å². The fourth-order valence-corrected chi connectivity index (χ4v) is 6.38. The second kappa shape index (κ2) is 12.3. The molecule has 0 bridgehead atoms. The molecule has 2 amide bonds. The smallest absolute Gasteiger partial charge is 0.251 e. The molecule has 216 valence electrons. The number of ether oxygens (including phenoxy) is 1. The van der Waals surface area contributed by atoms with E-state index in [1.807, 2.05) is 23.0 Å². The zero-order valence-corrected chi connectivity index (χ0v) is 24.4. The van der Waals surface area contributed by atoms with Crippen molar-refractivity contribution in [2.75, 3.05) is 6.54 Å². The summed E-state index contributed by atoms with van der Waals surface area (Å²) >= 11 is 6.22. The van der Waals surface area contributed by atoms with Crippen LogP contribution in [-0.2, 0) is 4.79 Å². The quantitative estimate of drug-likeness (QED) is 0.159. The third-order valence-corrected chi connectivity index (χ3v) is 8.10. The van der Waals surface area contributed by atoms with Crippen molar-refractivity contribution in [3.8, 4) is 23.1 Å². The number of unbranched alkanes of at least 4 members (excludes halogenated alkanes) is 2. The van der Waals surface area contributed by atoms with Crippen LogP contribution >= 0.6 is 11.6 Å². The van der Waals surface area contributed by atoms with E-state index in [0.29, 0.717) is 40.6 Å². The minimum atomic E-state index is -0.405. The van der Waals surface area contributed by atoms with Gasteiger partial charge < -0.3 is 10.1 Å². The first kappa shape index (κ1) is 30.0. The molecule has 3 aromatic rings. The Labute approximate surface area is 244 Å². The average molecular weight is 579 g/mol. The minimum absolute atomic E-state index is 0.0122. The highest BCUT2D eigenvalue weighted by atomic mass is 35.5. The number of rotatable bonds is 11. The average Bonchev–Trinajstić information content (AvgIpc) is 3.41. The number of benzene rings is 2. The highest BCUT2D eigenvalue weighted by Gasteiger charge is 2.65. The number of nitrogens with zero attached hydrogens (tertiary/aromatic N) is 4. The van der Waals surface area contributed by atoms with Gasteiger partial charge in [-0.15, -0.1) is 5.10 Å². The molecular weight excluding hydrogens is 544 g/mol. The minimum Gasteiger partial charge on any atom is -0.489 e. The van der Waals surface area contributed by atoms with Crippen LogP contribution in [0, 0.1) is 22.2 Å². The second-order valence-electron chi connectivity index (χ2n) is 11.6. The number of halogens is 1. The van der Waals surface area contributed by atoms with Gasteiger partial charge in [-0.1, -0.05) is 63.1 Å². The number of carbonyl (C=O) groups is 2. The van der Waals surface area contributed by atoms with Gasteiger partial charge in [0.25, 0.3) is 5.91 Å². The molecule has 11 heteroatoms. The molecule has 1 aliphatic carbocycles. The molecule has 41 heavy (non-hydrogen) atoms. The molecule has 0 unspecified atom stereocenters. The first-order valence-electron chi connectivity index (χ1n) is 13.6. The lowest BCUT2D eigenvalue weighted by Crippen LogP contribution is -2.66. The number of amides is 2. The van der Waals surface area contributed by atoms with E-state index >= 15 is 0 Å². The van der Waals surface area contributed by atoms with E-state index in [1.54, 1.807) is 35.8 Å². The van der Waals surface area contributed by atoms with Gasteiger partial charge in [0.05, 0.1) is 22.8 Å². The number of hydrogen-bond acceptors (Lipinski definition) is 7. The van der Waals surface area contributed by atoms with Crippen LogP contribution in [0.15, 0.2) is 48.7 Å². The van der Waals surface area contributed by atoms with Crippen LogP contribution in [0.5, 0.6) is 5.75 Å². The molecule has 1 aliphatic rings. The molecule has 1 fully saturated rings. The topological polar surface area (TPSA) is 142 Å². The van der Waals surface area contributed by atoms with Crippen LogP contribution in [-0.4, -0.2) is 44.7 Å². The summed E-state index contributed by atoms with van der Waals surface area (Å²) in [7, 11) is 0. The van der Waals surface area contributed by atoms with Crippen molar-refractivity contribution >= 4 is 23.4 Å². The molecule has 1 heterocycles. The zero-order valence-electron chi connectivity index (χ0n) is 23.6. The Morgan fingerprint density at radius 2 is 1.80 bits per heavy atom. The van der Waals surface area contributed by atoms with Crippen molar-refractivity contribution in [2.24, 2.45) is 10.8 Å². The van der Waals surface area contributed by atoms with E-state index in [-0.39, 0.29) is 35.3 Å². The van der Waals surface area contributed by atoms with Crippen molar-refractivity contribution in [2.45, 2.75) is 65.5 Å². The SMILES string of the molecule is CC1(C)C(Oc2ccc(C#N)c(Cl)c2)C(C)(C)C1n1cc(-c2ccc(C(=O)NCCCCCC(=O)NO)cc2)nn1. The van der Waals surface area contributed by atoms with Crippen LogP contribution in [0.2, 0.25) is 5.02 Å². The van der Waals surface area contributed by atoms with Crippen LogP contribution < -0.4 is 15.5 Å². The zero-order chi connectivity index (χ0) is 29.8. The van der Waals surface area contributed by atoms with Gasteiger partial charge in [0.1, 0.15) is 23.6 Å². The molecule has 0 atom stereocenters. The van der Waals surface area contributed by atoms with Gasteiger partial charge in [-0.2, -0.15) is 5.26 Å². The van der Waals surface area contributed by atoms with Gasteiger partial charge in [0.15, 0.2) is 0 Å². The Bertz CT molecular complexity index is 1430. The molecule has 0 spiro atoms. The van der Waals surface area contributed by atoms with E-state index in [4.69, 9.17) is 26.8 Å². The van der Waals surface area contributed by atoms with E-state index < -0.39 is 5.91 Å². The van der Waals surface area contributed by atoms with Crippen LogP contribution in [0.3, 0.4) is 0 Å².